The topological polar surface area (TPSA) is 51.2 Å². The number of nitrogens with one attached hydrogen (secondary N) is 1. The molecule has 1 unspecified atom stereocenters. The van der Waals surface area contributed by atoms with Crippen LogP contribution in [0.15, 0.2) is 53.9 Å². The second kappa shape index (κ2) is 9.30. The van der Waals surface area contributed by atoms with Gasteiger partial charge in [0.05, 0.1) is 35.9 Å². The molecular weight excluding hydrogens is 413 g/mol. The number of halogens is 3. The third-order valence-corrected chi connectivity index (χ3v) is 5.33. The number of alkyl halides is 3. The lowest BCUT2D eigenvalue weighted by Gasteiger charge is -2.16. The quantitative estimate of drug-likeness (QED) is 0.523. The Morgan fingerprint density at radius 2 is 1.97 bits per heavy atom. The largest absolute Gasteiger partial charge is 0.493 e. The third-order valence-electron chi connectivity index (χ3n) is 4.40. The SMILES string of the molecule is CCOc1ccccc1-c1nc(CC(=O)NC(C)c2cccc(C(F)(F)F)c2)cs1. The van der Waals surface area contributed by atoms with Crippen molar-refractivity contribution in [3.8, 4) is 16.3 Å². The Labute approximate surface area is 176 Å². The van der Waals surface area contributed by atoms with Gasteiger partial charge in [-0.1, -0.05) is 24.3 Å². The number of hydrogen-bond donors (Lipinski definition) is 1. The van der Waals surface area contributed by atoms with E-state index in [1.807, 2.05) is 31.2 Å². The molecule has 0 spiro atoms. The van der Waals surface area contributed by atoms with E-state index in [-0.39, 0.29) is 12.3 Å². The summed E-state index contributed by atoms with van der Waals surface area (Å²) in [4.78, 5) is 16.9. The number of carbonyl (C=O) groups excluding carboxylic acids is 1. The van der Waals surface area contributed by atoms with Gasteiger partial charge in [0.25, 0.3) is 0 Å². The van der Waals surface area contributed by atoms with Crippen molar-refractivity contribution >= 4 is 17.2 Å². The maximum Gasteiger partial charge on any atom is 0.416 e. The van der Waals surface area contributed by atoms with Crippen LogP contribution < -0.4 is 10.1 Å². The average Bonchev–Trinajstić information content (AvgIpc) is 3.16. The summed E-state index contributed by atoms with van der Waals surface area (Å²) in [6.07, 6.45) is -4.38. The van der Waals surface area contributed by atoms with Crippen molar-refractivity contribution in [2.45, 2.75) is 32.5 Å². The Kier molecular flexibility index (Phi) is 6.77. The first-order valence-electron chi connectivity index (χ1n) is 9.41. The fraction of sp³-hybridized carbons (Fsp3) is 0.273. The zero-order valence-electron chi connectivity index (χ0n) is 16.5. The molecule has 0 aliphatic rings. The van der Waals surface area contributed by atoms with Crippen molar-refractivity contribution in [3.05, 3.63) is 70.7 Å². The van der Waals surface area contributed by atoms with Crippen LogP contribution in [-0.4, -0.2) is 17.5 Å². The average molecular weight is 434 g/mol. The van der Waals surface area contributed by atoms with Gasteiger partial charge in [0.2, 0.25) is 5.91 Å². The number of aromatic nitrogens is 1. The number of para-hydroxylation sites is 1. The Morgan fingerprint density at radius 1 is 1.20 bits per heavy atom. The molecule has 0 saturated carbocycles. The molecule has 1 aromatic heterocycles. The van der Waals surface area contributed by atoms with Crippen molar-refractivity contribution in [3.63, 3.8) is 0 Å². The normalized spacial score (nSPS) is 12.4. The van der Waals surface area contributed by atoms with Gasteiger partial charge < -0.3 is 10.1 Å². The molecule has 1 N–H and O–H groups in total. The van der Waals surface area contributed by atoms with Crippen LogP contribution in [0, 0.1) is 0 Å². The molecule has 1 amide bonds. The smallest absolute Gasteiger partial charge is 0.416 e. The van der Waals surface area contributed by atoms with E-state index in [1.54, 1.807) is 18.4 Å². The zero-order valence-corrected chi connectivity index (χ0v) is 17.3. The highest BCUT2D eigenvalue weighted by Gasteiger charge is 2.30. The second-order valence-electron chi connectivity index (χ2n) is 6.66. The maximum absolute atomic E-state index is 12.9. The number of benzene rings is 2. The van der Waals surface area contributed by atoms with E-state index < -0.39 is 17.8 Å². The summed E-state index contributed by atoms with van der Waals surface area (Å²) >= 11 is 1.41. The monoisotopic (exact) mass is 434 g/mol. The lowest BCUT2D eigenvalue weighted by molar-refractivity contribution is -0.137. The van der Waals surface area contributed by atoms with E-state index in [4.69, 9.17) is 4.74 Å². The Balaban J connectivity index is 1.66. The summed E-state index contributed by atoms with van der Waals surface area (Å²) in [6.45, 7) is 4.09. The van der Waals surface area contributed by atoms with Crippen molar-refractivity contribution in [2.75, 3.05) is 6.61 Å². The number of carbonyl (C=O) groups is 1. The number of nitrogens with zero attached hydrogens (tertiary/aromatic N) is 1. The van der Waals surface area contributed by atoms with Crippen LogP contribution in [0.5, 0.6) is 5.75 Å². The number of rotatable bonds is 7. The van der Waals surface area contributed by atoms with Crippen LogP contribution in [0.4, 0.5) is 13.2 Å². The van der Waals surface area contributed by atoms with Crippen LogP contribution in [0.1, 0.15) is 36.7 Å². The third kappa shape index (κ3) is 5.38. The molecule has 4 nitrogen and oxygen atoms in total. The number of ether oxygens (including phenoxy) is 1. The molecule has 30 heavy (non-hydrogen) atoms. The van der Waals surface area contributed by atoms with Gasteiger partial charge in [-0.2, -0.15) is 13.2 Å². The number of thiazole rings is 1. The van der Waals surface area contributed by atoms with Gasteiger partial charge in [0.1, 0.15) is 10.8 Å². The predicted octanol–water partition coefficient (Wildman–Crippen LogP) is 5.65. The van der Waals surface area contributed by atoms with Gasteiger partial charge in [0, 0.05) is 5.38 Å². The van der Waals surface area contributed by atoms with Crippen LogP contribution in [0.25, 0.3) is 10.6 Å². The Hall–Kier alpha value is -2.87. The van der Waals surface area contributed by atoms with Gasteiger partial charge >= 0.3 is 6.18 Å². The molecule has 158 valence electrons. The van der Waals surface area contributed by atoms with Crippen LogP contribution in [-0.2, 0) is 17.4 Å². The molecule has 0 aliphatic heterocycles. The first-order chi connectivity index (χ1) is 14.3. The first kappa shape index (κ1) is 21.8. The van der Waals surface area contributed by atoms with Gasteiger partial charge in [-0.15, -0.1) is 11.3 Å². The molecule has 3 aromatic rings. The molecule has 0 bridgehead atoms. The fourth-order valence-electron chi connectivity index (χ4n) is 2.96. The lowest BCUT2D eigenvalue weighted by atomic mass is 10.0. The molecule has 1 heterocycles. The van der Waals surface area contributed by atoms with Gasteiger partial charge in [-0.3, -0.25) is 4.79 Å². The summed E-state index contributed by atoms with van der Waals surface area (Å²) < 4.78 is 44.3. The highest BCUT2D eigenvalue weighted by atomic mass is 32.1. The molecule has 2 aromatic carbocycles. The zero-order chi connectivity index (χ0) is 21.7. The van der Waals surface area contributed by atoms with Crippen LogP contribution in [0.2, 0.25) is 0 Å². The van der Waals surface area contributed by atoms with E-state index in [2.05, 4.69) is 10.3 Å². The minimum Gasteiger partial charge on any atom is -0.493 e. The summed E-state index contributed by atoms with van der Waals surface area (Å²) in [5, 5.41) is 5.28. The summed E-state index contributed by atoms with van der Waals surface area (Å²) in [6, 6.07) is 11.9. The number of hydrogen-bond acceptors (Lipinski definition) is 4. The van der Waals surface area contributed by atoms with Gasteiger partial charge in [-0.25, -0.2) is 4.98 Å². The van der Waals surface area contributed by atoms with Crippen molar-refractivity contribution in [1.82, 2.24) is 10.3 Å². The fourth-order valence-corrected chi connectivity index (χ4v) is 3.81. The molecule has 3 rings (SSSR count). The van der Waals surface area contributed by atoms with E-state index in [1.165, 1.54) is 17.4 Å². The summed E-state index contributed by atoms with van der Waals surface area (Å²) in [5.74, 6) is 0.415. The van der Waals surface area contributed by atoms with Gasteiger partial charge in [0.15, 0.2) is 0 Å². The predicted molar refractivity (Wildman–Crippen MR) is 110 cm³/mol. The van der Waals surface area contributed by atoms with E-state index in [0.717, 1.165) is 28.5 Å². The van der Waals surface area contributed by atoms with Crippen molar-refractivity contribution in [1.29, 1.82) is 0 Å². The first-order valence-corrected chi connectivity index (χ1v) is 10.3. The molecule has 1 atom stereocenters. The maximum atomic E-state index is 12.9. The standard InChI is InChI=1S/C22H21F3N2O2S/c1-3-29-19-10-5-4-9-18(19)21-27-17(13-30-21)12-20(28)26-14(2)15-7-6-8-16(11-15)22(23,24)25/h4-11,13-14H,3,12H2,1-2H3,(H,26,28). The summed E-state index contributed by atoms with van der Waals surface area (Å²) in [7, 11) is 0. The van der Waals surface area contributed by atoms with E-state index in [9.17, 15) is 18.0 Å². The van der Waals surface area contributed by atoms with Gasteiger partial charge in [-0.05, 0) is 43.7 Å². The van der Waals surface area contributed by atoms with Crippen LogP contribution in [0.3, 0.4) is 0 Å². The number of amides is 1. The van der Waals surface area contributed by atoms with Crippen molar-refractivity contribution in [2.24, 2.45) is 0 Å². The van der Waals surface area contributed by atoms with E-state index >= 15 is 0 Å². The molecule has 0 aliphatic carbocycles. The second-order valence-corrected chi connectivity index (χ2v) is 7.52. The Morgan fingerprint density at radius 3 is 2.70 bits per heavy atom. The minimum absolute atomic E-state index is 0.0383. The highest BCUT2D eigenvalue weighted by molar-refractivity contribution is 7.13. The molecular formula is C22H21F3N2O2S. The molecule has 8 heteroatoms. The highest BCUT2D eigenvalue weighted by Crippen LogP contribution is 2.33. The summed E-state index contributed by atoms with van der Waals surface area (Å²) in [5.41, 5.74) is 1.10. The lowest BCUT2D eigenvalue weighted by Crippen LogP contribution is -2.28. The van der Waals surface area contributed by atoms with E-state index in [0.29, 0.717) is 17.9 Å². The minimum atomic E-state index is -4.42. The van der Waals surface area contributed by atoms with Crippen LogP contribution >= 0.6 is 11.3 Å². The molecule has 0 saturated heterocycles. The molecule has 0 fully saturated rings. The van der Waals surface area contributed by atoms with Crippen molar-refractivity contribution < 1.29 is 22.7 Å². The Bertz CT molecular complexity index is 1020. The molecule has 0 radical (unpaired) electrons.